The van der Waals surface area contributed by atoms with E-state index in [0.29, 0.717) is 11.3 Å². The lowest BCUT2D eigenvalue weighted by Crippen LogP contribution is -2.30. The number of halogens is 1. The maximum absolute atomic E-state index is 6.42. The monoisotopic (exact) mass is 321 g/mol. The lowest BCUT2D eigenvalue weighted by atomic mass is 10.0. The number of fused-ring (bicyclic) bond motifs is 1. The number of aromatic nitrogens is 2. The Kier molecular flexibility index (Phi) is 4.29. The Balaban J connectivity index is 1.93. The summed E-state index contributed by atoms with van der Waals surface area (Å²) >= 11 is 8.35. The van der Waals surface area contributed by atoms with Crippen LogP contribution >= 0.6 is 23.4 Å². The molecule has 0 saturated heterocycles. The minimum Gasteiger partial charge on any atom is -0.311 e. The molecule has 0 bridgehead atoms. The van der Waals surface area contributed by atoms with Gasteiger partial charge in [0.1, 0.15) is 0 Å². The fourth-order valence-electron chi connectivity index (χ4n) is 2.95. The molecule has 0 saturated carbocycles. The molecule has 2 aromatic rings. The number of thioether (sulfide) groups is 1. The van der Waals surface area contributed by atoms with Crippen LogP contribution in [0.5, 0.6) is 0 Å². The molecular formula is C16H20ClN3S. The second-order valence-corrected chi connectivity index (χ2v) is 7.34. The van der Waals surface area contributed by atoms with Crippen LogP contribution in [0.3, 0.4) is 0 Å². The predicted molar refractivity (Wildman–Crippen MR) is 89.2 cm³/mol. The lowest BCUT2D eigenvalue weighted by Gasteiger charge is -2.25. The third kappa shape index (κ3) is 2.72. The van der Waals surface area contributed by atoms with Crippen LogP contribution in [0.2, 0.25) is 5.02 Å². The molecule has 0 fully saturated rings. The molecule has 0 radical (unpaired) electrons. The minimum atomic E-state index is 0.194. The molecule has 3 rings (SSSR count). The van der Waals surface area contributed by atoms with Crippen LogP contribution in [0.15, 0.2) is 35.4 Å². The van der Waals surface area contributed by atoms with Gasteiger partial charge in [0, 0.05) is 16.2 Å². The van der Waals surface area contributed by atoms with E-state index in [4.69, 9.17) is 11.6 Å². The summed E-state index contributed by atoms with van der Waals surface area (Å²) in [5.74, 6) is 0. The van der Waals surface area contributed by atoms with Crippen molar-refractivity contribution >= 4 is 23.4 Å². The van der Waals surface area contributed by atoms with Crippen molar-refractivity contribution in [2.24, 2.45) is 0 Å². The van der Waals surface area contributed by atoms with E-state index in [1.54, 1.807) is 6.20 Å². The van der Waals surface area contributed by atoms with E-state index in [1.165, 1.54) is 10.5 Å². The molecule has 0 aliphatic carbocycles. The van der Waals surface area contributed by atoms with Crippen LogP contribution in [0, 0.1) is 0 Å². The largest absolute Gasteiger partial charge is 0.311 e. The summed E-state index contributed by atoms with van der Waals surface area (Å²) in [5, 5.41) is 9.08. The molecule has 3 nitrogen and oxygen atoms in total. The van der Waals surface area contributed by atoms with Crippen molar-refractivity contribution in [2.45, 2.75) is 42.5 Å². The van der Waals surface area contributed by atoms with Gasteiger partial charge in [0.05, 0.1) is 23.0 Å². The van der Waals surface area contributed by atoms with E-state index in [1.807, 2.05) is 23.5 Å². The van der Waals surface area contributed by atoms with Crippen molar-refractivity contribution in [3.63, 3.8) is 0 Å². The van der Waals surface area contributed by atoms with Crippen LogP contribution in [0.25, 0.3) is 0 Å². The van der Waals surface area contributed by atoms with Gasteiger partial charge in [-0.25, -0.2) is 0 Å². The molecule has 1 N–H and O–H groups in total. The van der Waals surface area contributed by atoms with Crippen molar-refractivity contribution in [3.8, 4) is 0 Å². The molecule has 2 heterocycles. The zero-order valence-electron chi connectivity index (χ0n) is 12.5. The van der Waals surface area contributed by atoms with Crippen molar-refractivity contribution in [1.82, 2.24) is 15.1 Å². The SMILES string of the molecule is CNC(c1c(Cl)cnn1C(C)C)C1Cc2ccccc2S1. The Morgan fingerprint density at radius 3 is 2.81 bits per heavy atom. The van der Waals surface area contributed by atoms with Crippen molar-refractivity contribution in [1.29, 1.82) is 0 Å². The fourth-order valence-corrected chi connectivity index (χ4v) is 4.64. The summed E-state index contributed by atoms with van der Waals surface area (Å²) in [6.45, 7) is 4.27. The van der Waals surface area contributed by atoms with E-state index in [-0.39, 0.29) is 6.04 Å². The summed E-state index contributed by atoms with van der Waals surface area (Å²) in [4.78, 5) is 1.38. The van der Waals surface area contributed by atoms with Crippen LogP contribution in [0.4, 0.5) is 0 Å². The highest BCUT2D eigenvalue weighted by Gasteiger charge is 2.33. The molecule has 2 atom stereocenters. The molecule has 2 unspecified atom stereocenters. The molecule has 21 heavy (non-hydrogen) atoms. The first-order chi connectivity index (χ1) is 10.1. The van der Waals surface area contributed by atoms with Crippen molar-refractivity contribution < 1.29 is 0 Å². The van der Waals surface area contributed by atoms with Gasteiger partial charge < -0.3 is 5.32 Å². The highest BCUT2D eigenvalue weighted by atomic mass is 35.5. The number of hydrogen-bond donors (Lipinski definition) is 1. The molecule has 5 heteroatoms. The Labute approximate surface area is 135 Å². The molecule has 112 valence electrons. The summed E-state index contributed by atoms with van der Waals surface area (Å²) < 4.78 is 2.03. The smallest absolute Gasteiger partial charge is 0.0834 e. The molecule has 1 aliphatic heterocycles. The van der Waals surface area contributed by atoms with E-state index in [2.05, 4.69) is 48.5 Å². The zero-order chi connectivity index (χ0) is 15.0. The maximum Gasteiger partial charge on any atom is 0.0834 e. The fraction of sp³-hybridized carbons (Fsp3) is 0.438. The first kappa shape index (κ1) is 14.9. The van der Waals surface area contributed by atoms with Gasteiger partial charge in [-0.1, -0.05) is 29.8 Å². The molecule has 1 aliphatic rings. The van der Waals surface area contributed by atoms with Crippen molar-refractivity contribution in [3.05, 3.63) is 46.7 Å². The minimum absolute atomic E-state index is 0.194. The van der Waals surface area contributed by atoms with Gasteiger partial charge in [-0.2, -0.15) is 5.10 Å². The van der Waals surface area contributed by atoms with Gasteiger partial charge in [-0.3, -0.25) is 4.68 Å². The average Bonchev–Trinajstić information content (AvgIpc) is 3.04. The lowest BCUT2D eigenvalue weighted by molar-refractivity contribution is 0.454. The van der Waals surface area contributed by atoms with Gasteiger partial charge >= 0.3 is 0 Å². The van der Waals surface area contributed by atoms with Gasteiger partial charge in [-0.05, 0) is 38.9 Å². The normalized spacial score (nSPS) is 19.0. The Morgan fingerprint density at radius 2 is 2.14 bits per heavy atom. The van der Waals surface area contributed by atoms with Gasteiger partial charge in [0.25, 0.3) is 0 Å². The van der Waals surface area contributed by atoms with Gasteiger partial charge in [0.15, 0.2) is 0 Å². The van der Waals surface area contributed by atoms with E-state index >= 15 is 0 Å². The molecular weight excluding hydrogens is 302 g/mol. The number of rotatable bonds is 4. The number of hydrogen-bond acceptors (Lipinski definition) is 3. The summed E-state index contributed by atoms with van der Waals surface area (Å²) in [6.07, 6.45) is 2.82. The van der Waals surface area contributed by atoms with Crippen molar-refractivity contribution in [2.75, 3.05) is 7.05 Å². The first-order valence-corrected chi connectivity index (χ1v) is 8.52. The Hall–Kier alpha value is -0.970. The van der Waals surface area contributed by atoms with E-state index < -0.39 is 0 Å². The summed E-state index contributed by atoms with van der Waals surface area (Å²) in [5.41, 5.74) is 2.53. The maximum atomic E-state index is 6.42. The zero-order valence-corrected chi connectivity index (χ0v) is 14.1. The van der Waals surface area contributed by atoms with Crippen LogP contribution in [0.1, 0.15) is 37.2 Å². The Morgan fingerprint density at radius 1 is 1.38 bits per heavy atom. The standard InChI is InChI=1S/C16H20ClN3S/c1-10(2)20-16(12(17)9-19-20)15(18-3)14-8-11-6-4-5-7-13(11)21-14/h4-7,9-10,14-15,18H,8H2,1-3H3. The highest BCUT2D eigenvalue weighted by Crippen LogP contribution is 2.43. The van der Waals surface area contributed by atoms with Crippen LogP contribution < -0.4 is 5.32 Å². The highest BCUT2D eigenvalue weighted by molar-refractivity contribution is 8.00. The predicted octanol–water partition coefficient (Wildman–Crippen LogP) is 4.09. The van der Waals surface area contributed by atoms with E-state index in [9.17, 15) is 0 Å². The molecule has 0 amide bonds. The van der Waals surface area contributed by atoms with Gasteiger partial charge in [0.2, 0.25) is 0 Å². The third-order valence-electron chi connectivity index (χ3n) is 3.93. The van der Waals surface area contributed by atoms with E-state index in [0.717, 1.165) is 17.1 Å². The molecule has 1 aromatic carbocycles. The number of benzene rings is 1. The third-order valence-corrected chi connectivity index (χ3v) is 5.61. The molecule has 1 aromatic heterocycles. The summed E-state index contributed by atoms with van der Waals surface area (Å²) in [7, 11) is 2.00. The summed E-state index contributed by atoms with van der Waals surface area (Å²) in [6, 6.07) is 9.14. The van der Waals surface area contributed by atoms with Crippen LogP contribution in [-0.4, -0.2) is 22.1 Å². The van der Waals surface area contributed by atoms with Gasteiger partial charge in [-0.15, -0.1) is 11.8 Å². The molecule has 0 spiro atoms. The Bertz CT molecular complexity index is 613. The number of nitrogens with zero attached hydrogens (tertiary/aromatic N) is 2. The average molecular weight is 322 g/mol. The second kappa shape index (κ2) is 6.03. The topological polar surface area (TPSA) is 29.9 Å². The quantitative estimate of drug-likeness (QED) is 0.919. The first-order valence-electron chi connectivity index (χ1n) is 7.26. The van der Waals surface area contributed by atoms with Crippen LogP contribution in [-0.2, 0) is 6.42 Å². The number of nitrogens with one attached hydrogen (secondary N) is 1. The second-order valence-electron chi connectivity index (χ2n) is 5.65.